The van der Waals surface area contributed by atoms with Gasteiger partial charge in [-0.3, -0.25) is 10.1 Å². The van der Waals surface area contributed by atoms with Crippen LogP contribution < -0.4 is 10.6 Å². The van der Waals surface area contributed by atoms with Crippen LogP contribution in [0.4, 0.5) is 15.3 Å². The van der Waals surface area contributed by atoms with Crippen LogP contribution in [-0.2, 0) is 30.2 Å². The van der Waals surface area contributed by atoms with E-state index in [1.807, 2.05) is 0 Å². The van der Waals surface area contributed by atoms with E-state index in [0.717, 1.165) is 0 Å². The molecule has 0 aliphatic rings. The standard InChI is InChI=1S/C26H30N2O9/c1-26(2,3)37-25(33)28-20(14-16-7-6-8-18(13-16)22(30)34-4)23(31)36-15-21(29)17-9-11-19(12-10-17)27-24(32)35-5/h6-13,20H,14-15H2,1-5H3,(H,27,32)(H,28,33). The van der Waals surface area contributed by atoms with Gasteiger partial charge in [-0.2, -0.15) is 0 Å². The molecule has 0 aliphatic carbocycles. The van der Waals surface area contributed by atoms with E-state index in [-0.39, 0.29) is 17.5 Å². The highest BCUT2D eigenvalue weighted by Gasteiger charge is 2.27. The molecule has 2 rings (SSSR count). The molecule has 0 fully saturated rings. The molecule has 1 atom stereocenters. The minimum absolute atomic E-state index is 0.0367. The Bertz CT molecular complexity index is 1140. The molecule has 0 spiro atoms. The molecular weight excluding hydrogens is 484 g/mol. The molecule has 0 aliphatic heterocycles. The molecule has 11 nitrogen and oxygen atoms in total. The van der Waals surface area contributed by atoms with Gasteiger partial charge in [0.1, 0.15) is 11.6 Å². The van der Waals surface area contributed by atoms with Crippen LogP contribution in [0, 0.1) is 0 Å². The Morgan fingerprint density at radius 1 is 0.865 bits per heavy atom. The van der Waals surface area contributed by atoms with E-state index in [1.165, 1.54) is 44.6 Å². The lowest BCUT2D eigenvalue weighted by molar-refractivity contribution is -0.145. The lowest BCUT2D eigenvalue weighted by atomic mass is 10.0. The largest absolute Gasteiger partial charge is 0.465 e. The predicted octanol–water partition coefficient (Wildman–Crippen LogP) is 3.51. The fourth-order valence-corrected chi connectivity index (χ4v) is 3.05. The first kappa shape index (κ1) is 28.8. The molecule has 37 heavy (non-hydrogen) atoms. The number of carbonyl (C=O) groups is 5. The van der Waals surface area contributed by atoms with Gasteiger partial charge in [-0.25, -0.2) is 19.2 Å². The molecule has 0 heterocycles. The highest BCUT2D eigenvalue weighted by molar-refractivity contribution is 5.99. The Morgan fingerprint density at radius 2 is 1.54 bits per heavy atom. The summed E-state index contributed by atoms with van der Waals surface area (Å²) in [5.74, 6) is -1.92. The average molecular weight is 515 g/mol. The van der Waals surface area contributed by atoms with E-state index in [2.05, 4.69) is 15.4 Å². The molecule has 11 heteroatoms. The minimum atomic E-state index is -1.21. The topological polar surface area (TPSA) is 146 Å². The smallest absolute Gasteiger partial charge is 0.411 e. The quantitative estimate of drug-likeness (QED) is 0.291. The Morgan fingerprint density at radius 3 is 2.14 bits per heavy atom. The number of hydrogen-bond donors (Lipinski definition) is 2. The summed E-state index contributed by atoms with van der Waals surface area (Å²) in [7, 11) is 2.47. The van der Waals surface area contributed by atoms with Crippen molar-refractivity contribution in [1.29, 1.82) is 0 Å². The lowest BCUT2D eigenvalue weighted by Crippen LogP contribution is -2.45. The van der Waals surface area contributed by atoms with Crippen molar-refractivity contribution in [3.8, 4) is 0 Å². The molecule has 2 N–H and O–H groups in total. The molecule has 0 saturated heterocycles. The fraction of sp³-hybridized carbons (Fsp3) is 0.346. The highest BCUT2D eigenvalue weighted by atomic mass is 16.6. The van der Waals surface area contributed by atoms with Gasteiger partial charge in [0.2, 0.25) is 0 Å². The SMILES string of the molecule is COC(=O)Nc1ccc(C(=O)COC(=O)C(Cc2cccc(C(=O)OC)c2)NC(=O)OC(C)(C)C)cc1. The van der Waals surface area contributed by atoms with E-state index in [1.54, 1.807) is 39.0 Å². The van der Waals surface area contributed by atoms with E-state index in [4.69, 9.17) is 14.2 Å². The van der Waals surface area contributed by atoms with Gasteiger partial charge in [-0.15, -0.1) is 0 Å². The van der Waals surface area contributed by atoms with E-state index in [0.29, 0.717) is 11.3 Å². The Balaban J connectivity index is 2.11. The van der Waals surface area contributed by atoms with Gasteiger partial charge in [-0.05, 0) is 62.7 Å². The maximum atomic E-state index is 12.9. The summed E-state index contributed by atoms with van der Waals surface area (Å²) in [6, 6.07) is 11.0. The van der Waals surface area contributed by atoms with Crippen LogP contribution >= 0.6 is 0 Å². The minimum Gasteiger partial charge on any atom is -0.465 e. The monoisotopic (exact) mass is 514 g/mol. The molecule has 2 aromatic carbocycles. The van der Waals surface area contributed by atoms with Gasteiger partial charge < -0.3 is 24.3 Å². The van der Waals surface area contributed by atoms with Crippen molar-refractivity contribution in [3.63, 3.8) is 0 Å². The molecule has 0 saturated carbocycles. The number of hydrogen-bond acceptors (Lipinski definition) is 9. The predicted molar refractivity (Wildman–Crippen MR) is 132 cm³/mol. The molecule has 2 amide bonds. The van der Waals surface area contributed by atoms with E-state index in [9.17, 15) is 24.0 Å². The van der Waals surface area contributed by atoms with Crippen LogP contribution in [0.3, 0.4) is 0 Å². The van der Waals surface area contributed by atoms with Crippen molar-refractivity contribution < 1.29 is 42.9 Å². The fourth-order valence-electron chi connectivity index (χ4n) is 3.05. The second-order valence-corrected chi connectivity index (χ2v) is 8.82. The third kappa shape index (κ3) is 9.63. The number of anilines is 1. The van der Waals surface area contributed by atoms with Crippen LogP contribution in [0.15, 0.2) is 48.5 Å². The summed E-state index contributed by atoms with van der Waals surface area (Å²) in [4.78, 5) is 60.9. The molecule has 0 radical (unpaired) electrons. The van der Waals surface area contributed by atoms with Crippen LogP contribution in [0.5, 0.6) is 0 Å². The van der Waals surface area contributed by atoms with E-state index >= 15 is 0 Å². The number of ketones is 1. The van der Waals surface area contributed by atoms with Gasteiger partial charge in [0, 0.05) is 17.7 Å². The van der Waals surface area contributed by atoms with Gasteiger partial charge in [0.05, 0.1) is 19.8 Å². The number of ether oxygens (including phenoxy) is 4. The molecular formula is C26H30N2O9. The van der Waals surface area contributed by atoms with Gasteiger partial charge >= 0.3 is 24.1 Å². The van der Waals surface area contributed by atoms with Gasteiger partial charge in [-0.1, -0.05) is 12.1 Å². The molecule has 198 valence electrons. The summed E-state index contributed by atoms with van der Waals surface area (Å²) >= 11 is 0. The lowest BCUT2D eigenvalue weighted by Gasteiger charge is -2.23. The molecule has 1 unspecified atom stereocenters. The average Bonchev–Trinajstić information content (AvgIpc) is 2.85. The molecule has 0 bridgehead atoms. The zero-order valence-corrected chi connectivity index (χ0v) is 21.3. The first-order chi connectivity index (χ1) is 17.4. The normalized spacial score (nSPS) is 11.5. The van der Waals surface area contributed by atoms with Gasteiger partial charge in [0.25, 0.3) is 0 Å². The highest BCUT2D eigenvalue weighted by Crippen LogP contribution is 2.13. The van der Waals surface area contributed by atoms with Crippen molar-refractivity contribution in [2.45, 2.75) is 38.8 Å². The number of esters is 2. The number of rotatable bonds is 9. The Hall–Kier alpha value is -4.41. The zero-order valence-electron chi connectivity index (χ0n) is 21.3. The third-order valence-electron chi connectivity index (χ3n) is 4.75. The first-order valence-corrected chi connectivity index (χ1v) is 11.2. The Kier molecular flexibility index (Phi) is 10.2. The summed E-state index contributed by atoms with van der Waals surface area (Å²) in [6.45, 7) is 4.43. The first-order valence-electron chi connectivity index (χ1n) is 11.2. The van der Waals surface area contributed by atoms with Crippen molar-refractivity contribution in [2.75, 3.05) is 26.1 Å². The third-order valence-corrected chi connectivity index (χ3v) is 4.75. The van der Waals surface area contributed by atoms with Crippen molar-refractivity contribution in [1.82, 2.24) is 5.32 Å². The summed E-state index contributed by atoms with van der Waals surface area (Å²) in [6.07, 6.45) is -1.54. The number of methoxy groups -OCH3 is 2. The number of amides is 2. The number of nitrogens with one attached hydrogen (secondary N) is 2. The second-order valence-electron chi connectivity index (χ2n) is 8.82. The van der Waals surface area contributed by atoms with Crippen molar-refractivity contribution in [2.24, 2.45) is 0 Å². The maximum Gasteiger partial charge on any atom is 0.411 e. The number of alkyl carbamates (subject to hydrolysis) is 1. The number of benzene rings is 2. The summed E-state index contributed by atoms with van der Waals surface area (Å²) < 4.78 is 19.7. The van der Waals surface area contributed by atoms with Crippen LogP contribution in [0.25, 0.3) is 0 Å². The van der Waals surface area contributed by atoms with Crippen molar-refractivity contribution in [3.05, 3.63) is 65.2 Å². The Labute approximate surface area is 214 Å². The summed E-state index contributed by atoms with van der Waals surface area (Å²) in [5.41, 5.74) is 0.654. The summed E-state index contributed by atoms with van der Waals surface area (Å²) in [5, 5.41) is 4.92. The second kappa shape index (κ2) is 13.1. The number of Topliss-reactive ketones (excluding diaryl/α,β-unsaturated/α-hetero) is 1. The van der Waals surface area contributed by atoms with Crippen molar-refractivity contribution >= 4 is 35.6 Å². The molecule has 2 aromatic rings. The maximum absolute atomic E-state index is 12.9. The molecule has 0 aromatic heterocycles. The number of carbonyl (C=O) groups excluding carboxylic acids is 5. The van der Waals surface area contributed by atoms with E-state index < -0.39 is 48.2 Å². The van der Waals surface area contributed by atoms with Crippen LogP contribution in [-0.4, -0.2) is 62.4 Å². The van der Waals surface area contributed by atoms with Gasteiger partial charge in [0.15, 0.2) is 12.4 Å². The van der Waals surface area contributed by atoms with Crippen LogP contribution in [0.1, 0.15) is 47.1 Å². The zero-order chi connectivity index (χ0) is 27.6. The van der Waals surface area contributed by atoms with Crippen LogP contribution in [0.2, 0.25) is 0 Å².